The lowest BCUT2D eigenvalue weighted by atomic mass is 9.96. The minimum Gasteiger partial charge on any atom is -0.379 e. The second-order valence-electron chi connectivity index (χ2n) is 9.58. The number of carbonyl (C=O) groups excluding carboxylic acids is 2. The summed E-state index contributed by atoms with van der Waals surface area (Å²) < 4.78 is 27.7. The van der Waals surface area contributed by atoms with Crippen LogP contribution in [0.3, 0.4) is 0 Å². The van der Waals surface area contributed by atoms with Crippen molar-refractivity contribution in [2.45, 2.75) is 93.2 Å². The minimum atomic E-state index is -3.01. The Hall–Kier alpha value is -2.08. The molecule has 0 spiro atoms. The van der Waals surface area contributed by atoms with Crippen molar-refractivity contribution in [2.24, 2.45) is 5.92 Å². The molecular weight excluding hydrogens is 422 g/mol. The summed E-state index contributed by atoms with van der Waals surface area (Å²) in [7, 11) is 1.96. The zero-order chi connectivity index (χ0) is 26.1. The number of likely N-dealkylation sites (N-methyl/N-ethyl adjacent to an activating group) is 1. The van der Waals surface area contributed by atoms with Gasteiger partial charge in [-0.1, -0.05) is 33.4 Å². The van der Waals surface area contributed by atoms with Crippen LogP contribution in [0.1, 0.15) is 75.2 Å². The first-order valence-corrected chi connectivity index (χ1v) is 11.7. The van der Waals surface area contributed by atoms with Gasteiger partial charge >= 0.3 is 0 Å². The van der Waals surface area contributed by atoms with Gasteiger partial charge in [0.05, 0.1) is 6.04 Å². The molecule has 4 nitrogen and oxygen atoms in total. The Labute approximate surface area is 199 Å². The molecule has 0 radical (unpaired) electrons. The SMILES string of the molecule is C=C(C)/C(=C\C=C(/CC)NC(C)C(=O)/C(CN(C)C(C)CC(C)C)=C(/C)C(C)=O)C(C)(F)F. The fourth-order valence-electron chi connectivity index (χ4n) is 3.58. The second kappa shape index (κ2) is 13.6. The highest BCUT2D eigenvalue weighted by atomic mass is 19.3. The van der Waals surface area contributed by atoms with Gasteiger partial charge in [-0.05, 0) is 77.6 Å². The first kappa shape index (κ1) is 30.9. The van der Waals surface area contributed by atoms with Gasteiger partial charge < -0.3 is 5.32 Å². The topological polar surface area (TPSA) is 49.4 Å². The van der Waals surface area contributed by atoms with Crippen LogP contribution in [0.15, 0.2) is 46.7 Å². The van der Waals surface area contributed by atoms with Gasteiger partial charge in [0, 0.05) is 36.4 Å². The molecule has 0 saturated carbocycles. The first-order valence-electron chi connectivity index (χ1n) is 11.7. The van der Waals surface area contributed by atoms with Crippen LogP contribution < -0.4 is 5.32 Å². The highest BCUT2D eigenvalue weighted by Crippen LogP contribution is 2.28. The molecule has 0 aliphatic carbocycles. The van der Waals surface area contributed by atoms with Crippen molar-refractivity contribution < 1.29 is 18.4 Å². The standard InChI is InChI=1S/C27H44F2N2O2/c1-12-23(13-14-25(18(4)5)27(10,28)29)30-21(8)26(33)24(20(7)22(9)32)16-31(11)19(6)15-17(2)3/h13-14,17,19,21,30H,4,12,15-16H2,1-3,5-11H3/b23-13+,24-20-,25-14+. The van der Waals surface area contributed by atoms with Gasteiger partial charge in [-0.15, -0.1) is 0 Å². The maximum Gasteiger partial charge on any atom is 0.270 e. The van der Waals surface area contributed by atoms with Crippen molar-refractivity contribution in [1.82, 2.24) is 10.2 Å². The molecule has 0 aromatic rings. The number of rotatable bonds is 14. The van der Waals surface area contributed by atoms with E-state index in [1.807, 2.05) is 14.0 Å². The number of ketones is 2. The van der Waals surface area contributed by atoms with Gasteiger partial charge in [0.15, 0.2) is 11.6 Å². The molecule has 0 amide bonds. The molecule has 0 fully saturated rings. The largest absolute Gasteiger partial charge is 0.379 e. The van der Waals surface area contributed by atoms with Crippen molar-refractivity contribution in [3.05, 3.63) is 46.7 Å². The molecule has 0 bridgehead atoms. The second-order valence-corrected chi connectivity index (χ2v) is 9.58. The average molecular weight is 467 g/mol. The van der Waals surface area contributed by atoms with E-state index in [0.29, 0.717) is 41.3 Å². The molecule has 188 valence electrons. The van der Waals surface area contributed by atoms with Crippen LogP contribution >= 0.6 is 0 Å². The van der Waals surface area contributed by atoms with Crippen molar-refractivity contribution in [2.75, 3.05) is 13.6 Å². The number of nitrogens with one attached hydrogen (secondary N) is 1. The molecule has 0 heterocycles. The van der Waals surface area contributed by atoms with E-state index in [-0.39, 0.29) is 23.2 Å². The maximum absolute atomic E-state index is 13.8. The quantitative estimate of drug-likeness (QED) is 0.243. The van der Waals surface area contributed by atoms with Gasteiger partial charge in [0.2, 0.25) is 0 Å². The lowest BCUT2D eigenvalue weighted by Crippen LogP contribution is -2.40. The lowest BCUT2D eigenvalue weighted by Gasteiger charge is -2.28. The third-order valence-electron chi connectivity index (χ3n) is 5.81. The van der Waals surface area contributed by atoms with Crippen LogP contribution in [-0.4, -0.2) is 48.1 Å². The number of alkyl halides is 2. The predicted octanol–water partition coefficient (Wildman–Crippen LogP) is 6.26. The van der Waals surface area contributed by atoms with Crippen molar-refractivity contribution in [1.29, 1.82) is 0 Å². The van der Waals surface area contributed by atoms with Gasteiger partial charge in [-0.2, -0.15) is 0 Å². The molecule has 0 aromatic carbocycles. The number of hydrogen-bond donors (Lipinski definition) is 1. The summed E-state index contributed by atoms with van der Waals surface area (Å²) in [6.07, 6.45) is 4.43. The third kappa shape index (κ3) is 10.6. The highest BCUT2D eigenvalue weighted by Gasteiger charge is 2.28. The fraction of sp³-hybridized carbons (Fsp3) is 0.630. The molecule has 6 heteroatoms. The number of carbonyl (C=O) groups is 2. The van der Waals surface area contributed by atoms with E-state index in [2.05, 4.69) is 37.6 Å². The molecule has 33 heavy (non-hydrogen) atoms. The average Bonchev–Trinajstić information content (AvgIpc) is 2.67. The number of hydrogen-bond acceptors (Lipinski definition) is 4. The Morgan fingerprint density at radius 1 is 1.09 bits per heavy atom. The highest BCUT2D eigenvalue weighted by molar-refractivity contribution is 6.07. The molecule has 0 aliphatic rings. The Morgan fingerprint density at radius 3 is 2.03 bits per heavy atom. The maximum atomic E-state index is 13.8. The number of Topliss-reactive ketones (excluding diaryl/α,β-unsaturated/α-hetero) is 2. The van der Waals surface area contributed by atoms with Crippen LogP contribution in [0.2, 0.25) is 0 Å². The van der Waals surface area contributed by atoms with Crippen LogP contribution in [0.4, 0.5) is 8.78 Å². The molecule has 0 rings (SSSR count). The molecule has 0 aliphatic heterocycles. The Bertz CT molecular complexity index is 801. The van der Waals surface area contributed by atoms with E-state index in [0.717, 1.165) is 13.3 Å². The van der Waals surface area contributed by atoms with Crippen LogP contribution in [-0.2, 0) is 9.59 Å². The Morgan fingerprint density at radius 2 is 1.64 bits per heavy atom. The first-order chi connectivity index (χ1) is 15.0. The van der Waals surface area contributed by atoms with E-state index in [1.165, 1.54) is 13.0 Å². The Balaban J connectivity index is 5.85. The number of allylic oxidation sites excluding steroid dienone is 6. The van der Waals surface area contributed by atoms with Gasteiger partial charge in [-0.25, -0.2) is 8.78 Å². The monoisotopic (exact) mass is 466 g/mol. The predicted molar refractivity (Wildman–Crippen MR) is 134 cm³/mol. The van der Waals surface area contributed by atoms with Crippen molar-refractivity contribution >= 4 is 11.6 Å². The molecule has 2 unspecified atom stereocenters. The van der Waals surface area contributed by atoms with E-state index in [4.69, 9.17) is 0 Å². The summed E-state index contributed by atoms with van der Waals surface area (Å²) in [5, 5.41) is 3.15. The molecule has 0 aromatic heterocycles. The van der Waals surface area contributed by atoms with Crippen LogP contribution in [0.25, 0.3) is 0 Å². The zero-order valence-corrected chi connectivity index (χ0v) is 22.2. The van der Waals surface area contributed by atoms with Crippen LogP contribution in [0.5, 0.6) is 0 Å². The molecule has 1 N–H and O–H groups in total. The van der Waals surface area contributed by atoms with Crippen molar-refractivity contribution in [3.8, 4) is 0 Å². The van der Waals surface area contributed by atoms with Crippen molar-refractivity contribution in [3.63, 3.8) is 0 Å². The summed E-state index contributed by atoms with van der Waals surface area (Å²) in [4.78, 5) is 27.5. The molecule has 0 saturated heterocycles. The number of nitrogens with zero attached hydrogens (tertiary/aromatic N) is 1. The van der Waals surface area contributed by atoms with E-state index < -0.39 is 12.0 Å². The summed E-state index contributed by atoms with van der Waals surface area (Å²) in [5.74, 6) is -2.80. The van der Waals surface area contributed by atoms with Gasteiger partial charge in [0.25, 0.3) is 5.92 Å². The number of halogens is 2. The van der Waals surface area contributed by atoms with Gasteiger partial charge in [0.1, 0.15) is 0 Å². The zero-order valence-electron chi connectivity index (χ0n) is 22.2. The smallest absolute Gasteiger partial charge is 0.270 e. The molecular formula is C27H44F2N2O2. The summed E-state index contributed by atoms with van der Waals surface area (Å²) in [6.45, 7) is 19.6. The van der Waals surface area contributed by atoms with E-state index in [9.17, 15) is 18.4 Å². The van der Waals surface area contributed by atoms with E-state index >= 15 is 0 Å². The lowest BCUT2D eigenvalue weighted by molar-refractivity contribution is -0.118. The minimum absolute atomic E-state index is 0.138. The summed E-state index contributed by atoms with van der Waals surface area (Å²) in [6, 6.07) is -0.360. The third-order valence-corrected chi connectivity index (χ3v) is 5.81. The van der Waals surface area contributed by atoms with E-state index in [1.54, 1.807) is 26.8 Å². The summed E-state index contributed by atoms with van der Waals surface area (Å²) >= 11 is 0. The van der Waals surface area contributed by atoms with Crippen LogP contribution in [0, 0.1) is 5.92 Å². The molecule has 2 atom stereocenters. The Kier molecular flexibility index (Phi) is 12.7. The normalized spacial score (nSPS) is 15.9. The van der Waals surface area contributed by atoms with Gasteiger partial charge in [-0.3, -0.25) is 14.5 Å². The summed E-state index contributed by atoms with van der Waals surface area (Å²) in [5.41, 5.74) is 1.73. The fourth-order valence-corrected chi connectivity index (χ4v) is 3.58.